The Labute approximate surface area is 207 Å². The lowest BCUT2D eigenvalue weighted by Gasteiger charge is -2.38. The number of hydrogen-bond donors (Lipinski definition) is 2. The zero-order chi connectivity index (χ0) is 25.3. The normalized spacial score (nSPS) is 18.3. The molecule has 1 atom stereocenters. The Hall–Kier alpha value is -1.82. The van der Waals surface area contributed by atoms with Crippen LogP contribution in [0.15, 0.2) is 29.6 Å². The first-order chi connectivity index (χ1) is 15.7. The molecule has 1 saturated heterocycles. The van der Waals surface area contributed by atoms with Gasteiger partial charge in [-0.05, 0) is 48.8 Å². The Morgan fingerprint density at radius 2 is 1.91 bits per heavy atom. The molecule has 1 fully saturated rings. The zero-order valence-electron chi connectivity index (χ0n) is 22.3. The highest BCUT2D eigenvalue weighted by Gasteiger charge is 2.40. The van der Waals surface area contributed by atoms with Crippen LogP contribution >= 0.6 is 0 Å². The van der Waals surface area contributed by atoms with Crippen molar-refractivity contribution in [2.45, 2.75) is 83.8 Å². The van der Waals surface area contributed by atoms with E-state index in [1.807, 2.05) is 10.8 Å². The Bertz CT molecular complexity index is 1020. The number of hydrogen-bond acceptors (Lipinski definition) is 5. The van der Waals surface area contributed by atoms with Gasteiger partial charge in [0, 0.05) is 50.6 Å². The van der Waals surface area contributed by atoms with Crippen molar-refractivity contribution in [3.8, 4) is 0 Å². The van der Waals surface area contributed by atoms with Crippen LogP contribution in [0, 0.1) is 0 Å². The minimum atomic E-state index is -1.80. The van der Waals surface area contributed by atoms with Gasteiger partial charge >= 0.3 is 0 Å². The van der Waals surface area contributed by atoms with Crippen LogP contribution in [0.3, 0.4) is 0 Å². The maximum atomic E-state index is 9.35. The van der Waals surface area contributed by atoms with E-state index in [9.17, 15) is 5.21 Å². The summed E-state index contributed by atoms with van der Waals surface area (Å²) in [7, 11) is -2.94. The number of anilines is 1. The molecule has 0 unspecified atom stereocenters. The van der Waals surface area contributed by atoms with Crippen LogP contribution in [0.1, 0.15) is 32.8 Å². The van der Waals surface area contributed by atoms with E-state index in [1.54, 1.807) is 0 Å². The third kappa shape index (κ3) is 6.24. The van der Waals surface area contributed by atoms with Crippen LogP contribution in [0.4, 0.5) is 5.69 Å². The fourth-order valence-electron chi connectivity index (χ4n) is 4.04. The second-order valence-corrected chi connectivity index (χ2v) is 22.7. The number of amidine groups is 1. The predicted molar refractivity (Wildman–Crippen MR) is 147 cm³/mol. The first-order valence-corrected chi connectivity index (χ1v) is 18.9. The van der Waals surface area contributed by atoms with Crippen LogP contribution in [0.2, 0.25) is 43.8 Å². The van der Waals surface area contributed by atoms with Gasteiger partial charge in [0.2, 0.25) is 0 Å². The number of fused-ring (bicyclic) bond motifs is 1. The molecule has 1 aromatic carbocycles. The van der Waals surface area contributed by atoms with Crippen molar-refractivity contribution >= 4 is 38.8 Å². The van der Waals surface area contributed by atoms with Gasteiger partial charge in [0.05, 0.1) is 11.6 Å². The maximum Gasteiger partial charge on any atom is 0.192 e. The molecular formula is C25H44N4O3Si2. The molecular weight excluding hydrogens is 460 g/mol. The summed E-state index contributed by atoms with van der Waals surface area (Å²) in [4.78, 5) is 2.38. The largest absolute Gasteiger partial charge is 0.412 e. The molecule has 34 heavy (non-hydrogen) atoms. The van der Waals surface area contributed by atoms with E-state index in [4.69, 9.17) is 14.9 Å². The third-order valence-electron chi connectivity index (χ3n) is 7.25. The highest BCUT2D eigenvalue weighted by Crippen LogP contribution is 2.39. The van der Waals surface area contributed by atoms with Crippen LogP contribution < -0.4 is 10.6 Å². The standard InChI is InChI=1S/C25H44N4O3Si2/c1-25(2,3)34(7,8)32-20-11-12-28(16-20)19-9-10-23-21(15-19)22(24(26)27-30)17-29(23)18-31-13-14-33(4,5)6/h9-10,15,17,20,30H,11-14,16,18H2,1-8H3,(H2,26,27)/t20-/m0/s1. The number of aromatic nitrogens is 1. The SMILES string of the molecule is CC(C)(C)[Si](C)(C)O[C@H]1CCN(c2ccc3c(c2)c(C(N)=NO)cn3COCC[Si](C)(C)C)C1. The second kappa shape index (κ2) is 10.0. The first-order valence-electron chi connectivity index (χ1n) is 12.3. The van der Waals surface area contributed by atoms with Crippen molar-refractivity contribution in [3.63, 3.8) is 0 Å². The Kier molecular flexibility index (Phi) is 7.91. The van der Waals surface area contributed by atoms with E-state index in [1.165, 1.54) is 0 Å². The van der Waals surface area contributed by atoms with E-state index in [0.29, 0.717) is 6.73 Å². The van der Waals surface area contributed by atoms with Crippen LogP contribution in [-0.4, -0.2) is 57.8 Å². The van der Waals surface area contributed by atoms with Crippen molar-refractivity contribution in [1.29, 1.82) is 0 Å². The molecule has 0 spiro atoms. The second-order valence-electron chi connectivity index (χ2n) is 12.3. The molecule has 3 rings (SSSR count). The molecule has 0 aliphatic carbocycles. The fraction of sp³-hybridized carbons (Fsp3) is 0.640. The predicted octanol–water partition coefficient (Wildman–Crippen LogP) is 5.65. The quantitative estimate of drug-likeness (QED) is 0.115. The van der Waals surface area contributed by atoms with Gasteiger partial charge in [0.25, 0.3) is 0 Å². The molecule has 9 heteroatoms. The molecule has 1 aliphatic heterocycles. The fourth-order valence-corrected chi connectivity index (χ4v) is 6.18. The van der Waals surface area contributed by atoms with Crippen molar-refractivity contribution in [2.75, 3.05) is 24.6 Å². The molecule has 1 aliphatic rings. The molecule has 0 bridgehead atoms. The van der Waals surface area contributed by atoms with Crippen LogP contribution in [-0.2, 0) is 15.9 Å². The molecule has 2 aromatic rings. The Morgan fingerprint density at radius 3 is 2.53 bits per heavy atom. The number of nitrogens with zero attached hydrogens (tertiary/aromatic N) is 3. The van der Waals surface area contributed by atoms with Crippen LogP contribution in [0.5, 0.6) is 0 Å². The summed E-state index contributed by atoms with van der Waals surface area (Å²) in [5.41, 5.74) is 8.92. The molecule has 190 valence electrons. The van der Waals surface area contributed by atoms with E-state index in [0.717, 1.165) is 54.3 Å². The van der Waals surface area contributed by atoms with Gasteiger partial charge in [-0.25, -0.2) is 0 Å². The topological polar surface area (TPSA) is 85.2 Å². The highest BCUT2D eigenvalue weighted by atomic mass is 28.4. The average molecular weight is 505 g/mol. The molecule has 0 saturated carbocycles. The third-order valence-corrected chi connectivity index (χ3v) is 13.5. The lowest BCUT2D eigenvalue weighted by Crippen LogP contribution is -2.44. The number of benzene rings is 1. The van der Waals surface area contributed by atoms with Gasteiger partial charge in [0.15, 0.2) is 14.2 Å². The highest BCUT2D eigenvalue weighted by molar-refractivity contribution is 6.76. The number of rotatable bonds is 9. The molecule has 1 aromatic heterocycles. The first kappa shape index (κ1) is 26.8. The van der Waals surface area contributed by atoms with Crippen molar-refractivity contribution in [2.24, 2.45) is 10.9 Å². The lowest BCUT2D eigenvalue weighted by atomic mass is 10.1. The van der Waals surface area contributed by atoms with Gasteiger partial charge in [-0.1, -0.05) is 45.6 Å². The van der Waals surface area contributed by atoms with Crippen molar-refractivity contribution in [3.05, 3.63) is 30.0 Å². The van der Waals surface area contributed by atoms with Crippen molar-refractivity contribution < 1.29 is 14.4 Å². The molecule has 7 nitrogen and oxygen atoms in total. The molecule has 2 heterocycles. The maximum absolute atomic E-state index is 9.35. The minimum Gasteiger partial charge on any atom is -0.412 e. The summed E-state index contributed by atoms with van der Waals surface area (Å²) in [6.45, 7) is 21.6. The van der Waals surface area contributed by atoms with Gasteiger partial charge in [0.1, 0.15) is 6.73 Å². The number of ether oxygens (including phenoxy) is 1. The van der Waals surface area contributed by atoms with E-state index in [-0.39, 0.29) is 17.0 Å². The summed E-state index contributed by atoms with van der Waals surface area (Å²) >= 11 is 0. The monoisotopic (exact) mass is 504 g/mol. The summed E-state index contributed by atoms with van der Waals surface area (Å²) in [6.07, 6.45) is 3.21. The average Bonchev–Trinajstić information content (AvgIpc) is 3.33. The van der Waals surface area contributed by atoms with E-state index in [2.05, 4.69) is 81.8 Å². The van der Waals surface area contributed by atoms with Crippen molar-refractivity contribution in [1.82, 2.24) is 4.57 Å². The lowest BCUT2D eigenvalue weighted by molar-refractivity contribution is 0.0902. The Morgan fingerprint density at radius 1 is 1.21 bits per heavy atom. The van der Waals surface area contributed by atoms with Gasteiger partial charge in [-0.3, -0.25) is 0 Å². The minimum absolute atomic E-state index is 0.114. The smallest absolute Gasteiger partial charge is 0.192 e. The molecule has 3 N–H and O–H groups in total. The summed E-state index contributed by atoms with van der Waals surface area (Å²) in [5.74, 6) is 0.114. The van der Waals surface area contributed by atoms with Gasteiger partial charge in [-0.15, -0.1) is 0 Å². The van der Waals surface area contributed by atoms with Gasteiger partial charge in [-0.2, -0.15) is 0 Å². The molecule has 0 amide bonds. The number of oxime groups is 1. The molecule has 0 radical (unpaired) electrons. The summed E-state index contributed by atoms with van der Waals surface area (Å²) in [5, 5.41) is 13.8. The zero-order valence-corrected chi connectivity index (χ0v) is 24.3. The van der Waals surface area contributed by atoms with Crippen LogP contribution in [0.25, 0.3) is 10.9 Å². The Balaban J connectivity index is 1.79. The van der Waals surface area contributed by atoms with E-state index < -0.39 is 16.4 Å². The number of nitrogens with two attached hydrogens (primary N) is 1. The van der Waals surface area contributed by atoms with E-state index >= 15 is 0 Å². The summed E-state index contributed by atoms with van der Waals surface area (Å²) < 4.78 is 14.7. The van der Waals surface area contributed by atoms with Gasteiger partial charge < -0.3 is 29.6 Å². The summed E-state index contributed by atoms with van der Waals surface area (Å²) in [6, 6.07) is 7.54.